The summed E-state index contributed by atoms with van der Waals surface area (Å²) in [6.45, 7) is 6.07. The molecular weight excluding hydrogens is 156 g/mol. The maximum Gasteiger partial charge on any atom is 0.0107 e. The fourth-order valence-corrected chi connectivity index (χ4v) is 1.99. The number of nitrogens with zero attached hydrogens (tertiary/aromatic N) is 1. The van der Waals surface area contributed by atoms with Crippen LogP contribution in [0.3, 0.4) is 0 Å². The predicted octanol–water partition coefficient (Wildman–Crippen LogP) is 1.46. The van der Waals surface area contributed by atoms with Gasteiger partial charge in [0.15, 0.2) is 0 Å². The highest BCUT2D eigenvalue weighted by Crippen LogP contribution is 2.18. The molecule has 0 atom stereocenters. The summed E-state index contributed by atoms with van der Waals surface area (Å²) in [7, 11) is 2.04. The topological polar surface area (TPSA) is 15.3 Å². The van der Waals surface area contributed by atoms with Crippen LogP contribution in [0.4, 0.5) is 0 Å². The van der Waals surface area contributed by atoms with Gasteiger partial charge in [-0.3, -0.25) is 0 Å². The average molecular weight is 172 g/mol. The Morgan fingerprint density at radius 2 is 2.18 bits per heavy atom. The molecule has 0 aromatic rings. The van der Waals surface area contributed by atoms with Crippen LogP contribution in [0, 0.1) is 0 Å². The van der Waals surface area contributed by atoms with Crippen LogP contribution < -0.4 is 5.32 Å². The zero-order valence-electron chi connectivity index (χ0n) is 7.05. The summed E-state index contributed by atoms with van der Waals surface area (Å²) in [6.07, 6.45) is 2.52. The Morgan fingerprint density at radius 1 is 1.55 bits per heavy atom. The standard InChI is InChI=1S/C8H16N2S/c1-3-11-10-6-4-8(9-2)5-7-10/h3,8-9H,1,4-7H2,2H3. The highest BCUT2D eigenvalue weighted by Gasteiger charge is 2.16. The third kappa shape index (κ3) is 2.85. The largest absolute Gasteiger partial charge is 0.317 e. The number of hydrogen-bond donors (Lipinski definition) is 1. The summed E-state index contributed by atoms with van der Waals surface area (Å²) < 4.78 is 2.36. The van der Waals surface area contributed by atoms with Crippen molar-refractivity contribution < 1.29 is 0 Å². The van der Waals surface area contributed by atoms with Crippen LogP contribution in [0.2, 0.25) is 0 Å². The molecule has 3 heteroatoms. The van der Waals surface area contributed by atoms with Crippen molar-refractivity contribution in [2.24, 2.45) is 0 Å². The molecule has 64 valence electrons. The van der Waals surface area contributed by atoms with E-state index >= 15 is 0 Å². The molecule has 0 amide bonds. The molecular formula is C8H16N2S. The van der Waals surface area contributed by atoms with Crippen molar-refractivity contribution in [3.63, 3.8) is 0 Å². The van der Waals surface area contributed by atoms with Gasteiger partial charge in [0.1, 0.15) is 0 Å². The van der Waals surface area contributed by atoms with Crippen LogP contribution in [0.1, 0.15) is 12.8 Å². The quantitative estimate of drug-likeness (QED) is 0.649. The Morgan fingerprint density at radius 3 is 2.64 bits per heavy atom. The van der Waals surface area contributed by atoms with Gasteiger partial charge in [-0.25, -0.2) is 4.31 Å². The van der Waals surface area contributed by atoms with E-state index in [4.69, 9.17) is 0 Å². The highest BCUT2D eigenvalue weighted by atomic mass is 32.2. The normalized spacial score (nSPS) is 21.9. The van der Waals surface area contributed by atoms with E-state index < -0.39 is 0 Å². The van der Waals surface area contributed by atoms with Crippen LogP contribution in [-0.2, 0) is 0 Å². The van der Waals surface area contributed by atoms with Gasteiger partial charge in [0, 0.05) is 19.1 Å². The lowest BCUT2D eigenvalue weighted by atomic mass is 10.1. The fourth-order valence-electron chi connectivity index (χ4n) is 1.36. The summed E-state index contributed by atoms with van der Waals surface area (Å²) in [4.78, 5) is 0. The average Bonchev–Trinajstić information content (AvgIpc) is 2.07. The van der Waals surface area contributed by atoms with Gasteiger partial charge in [0.05, 0.1) is 0 Å². The minimum absolute atomic E-state index is 0.733. The molecule has 0 aliphatic carbocycles. The summed E-state index contributed by atoms with van der Waals surface area (Å²) >= 11 is 1.73. The Bertz CT molecular complexity index is 119. The molecule has 0 radical (unpaired) electrons. The molecule has 11 heavy (non-hydrogen) atoms. The Balaban J connectivity index is 2.18. The molecule has 1 rings (SSSR count). The maximum absolute atomic E-state index is 3.70. The molecule has 1 aliphatic heterocycles. The Kier molecular flexibility index (Phi) is 3.97. The van der Waals surface area contributed by atoms with Gasteiger partial charge in [-0.2, -0.15) is 0 Å². The lowest BCUT2D eigenvalue weighted by Gasteiger charge is -2.29. The van der Waals surface area contributed by atoms with E-state index in [2.05, 4.69) is 16.2 Å². The van der Waals surface area contributed by atoms with Crippen molar-refractivity contribution in [1.29, 1.82) is 0 Å². The molecule has 0 aromatic carbocycles. The third-order valence-corrected chi connectivity index (χ3v) is 2.90. The van der Waals surface area contributed by atoms with Crippen LogP contribution in [0.15, 0.2) is 12.0 Å². The van der Waals surface area contributed by atoms with Crippen molar-refractivity contribution in [2.45, 2.75) is 18.9 Å². The summed E-state index contributed by atoms with van der Waals surface area (Å²) in [5.41, 5.74) is 0. The smallest absolute Gasteiger partial charge is 0.0107 e. The van der Waals surface area contributed by atoms with Crippen LogP contribution in [-0.4, -0.2) is 30.5 Å². The molecule has 1 aliphatic rings. The van der Waals surface area contributed by atoms with E-state index in [9.17, 15) is 0 Å². The van der Waals surface area contributed by atoms with Gasteiger partial charge in [-0.05, 0) is 25.3 Å². The third-order valence-electron chi connectivity index (χ3n) is 2.09. The van der Waals surface area contributed by atoms with Crippen molar-refractivity contribution in [3.8, 4) is 0 Å². The summed E-state index contributed by atoms with van der Waals surface area (Å²) in [5, 5.41) is 5.21. The summed E-state index contributed by atoms with van der Waals surface area (Å²) in [5.74, 6) is 0. The van der Waals surface area contributed by atoms with Crippen LogP contribution >= 0.6 is 11.9 Å². The molecule has 1 N–H and O–H groups in total. The first-order valence-electron chi connectivity index (χ1n) is 4.06. The molecule has 0 spiro atoms. The van der Waals surface area contributed by atoms with E-state index in [1.54, 1.807) is 11.9 Å². The molecule has 1 heterocycles. The first-order valence-corrected chi connectivity index (χ1v) is 4.90. The molecule has 0 bridgehead atoms. The van der Waals surface area contributed by atoms with E-state index in [-0.39, 0.29) is 0 Å². The molecule has 0 saturated carbocycles. The van der Waals surface area contributed by atoms with E-state index in [1.807, 2.05) is 12.5 Å². The van der Waals surface area contributed by atoms with Crippen molar-refractivity contribution in [2.75, 3.05) is 20.1 Å². The zero-order valence-corrected chi connectivity index (χ0v) is 7.86. The van der Waals surface area contributed by atoms with Gasteiger partial charge in [-0.1, -0.05) is 18.5 Å². The van der Waals surface area contributed by atoms with Crippen molar-refractivity contribution >= 4 is 11.9 Å². The first-order chi connectivity index (χ1) is 5.36. The summed E-state index contributed by atoms with van der Waals surface area (Å²) in [6, 6.07) is 0.733. The second-order valence-electron chi connectivity index (χ2n) is 2.76. The van der Waals surface area contributed by atoms with Gasteiger partial charge < -0.3 is 5.32 Å². The van der Waals surface area contributed by atoms with Crippen molar-refractivity contribution in [1.82, 2.24) is 9.62 Å². The van der Waals surface area contributed by atoms with Gasteiger partial charge in [0.25, 0.3) is 0 Å². The van der Waals surface area contributed by atoms with Gasteiger partial charge >= 0.3 is 0 Å². The number of rotatable bonds is 3. The highest BCUT2D eigenvalue weighted by molar-refractivity contribution is 7.99. The minimum Gasteiger partial charge on any atom is -0.317 e. The lowest BCUT2D eigenvalue weighted by Crippen LogP contribution is -2.37. The predicted molar refractivity (Wildman–Crippen MR) is 51.4 cm³/mol. The maximum atomic E-state index is 3.70. The number of hydrogen-bond acceptors (Lipinski definition) is 3. The van der Waals surface area contributed by atoms with Gasteiger partial charge in [0.2, 0.25) is 0 Å². The van der Waals surface area contributed by atoms with Crippen LogP contribution in [0.25, 0.3) is 0 Å². The molecule has 0 unspecified atom stereocenters. The second kappa shape index (κ2) is 4.80. The molecule has 2 nitrogen and oxygen atoms in total. The van der Waals surface area contributed by atoms with Gasteiger partial charge in [-0.15, -0.1) is 0 Å². The minimum atomic E-state index is 0.733. The Hall–Kier alpha value is 0.01000. The monoisotopic (exact) mass is 172 g/mol. The van der Waals surface area contributed by atoms with Crippen LogP contribution in [0.5, 0.6) is 0 Å². The Labute approximate surface area is 73.2 Å². The van der Waals surface area contributed by atoms with Crippen molar-refractivity contribution in [3.05, 3.63) is 12.0 Å². The second-order valence-corrected chi connectivity index (χ2v) is 3.82. The molecule has 0 aromatic heterocycles. The van der Waals surface area contributed by atoms with E-state index in [0.29, 0.717) is 0 Å². The molecule has 1 saturated heterocycles. The molecule has 1 fully saturated rings. The zero-order chi connectivity index (χ0) is 8.10. The SMILES string of the molecule is C=CSN1CCC(NC)CC1. The fraction of sp³-hybridized carbons (Fsp3) is 0.750. The lowest BCUT2D eigenvalue weighted by molar-refractivity contribution is 0.320. The van der Waals surface area contributed by atoms with E-state index in [1.165, 1.54) is 25.9 Å². The van der Waals surface area contributed by atoms with E-state index in [0.717, 1.165) is 6.04 Å². The number of piperidine rings is 1. The number of nitrogens with one attached hydrogen (secondary N) is 1. The first kappa shape index (κ1) is 9.10.